The minimum atomic E-state index is -2.65. The van der Waals surface area contributed by atoms with Gasteiger partial charge < -0.3 is 18.5 Å². The first-order valence-corrected chi connectivity index (χ1v) is 8.02. The van der Waals surface area contributed by atoms with Crippen molar-refractivity contribution in [2.75, 3.05) is 41.7 Å². The van der Waals surface area contributed by atoms with Gasteiger partial charge in [0.05, 0.1) is 12.9 Å². The Morgan fingerprint density at radius 1 is 1.00 bits per heavy atom. The lowest BCUT2D eigenvalue weighted by Crippen LogP contribution is -1.82. The molecular weight excluding hydrogens is 279 g/mol. The van der Waals surface area contributed by atoms with Gasteiger partial charge in [-0.2, -0.15) is 0 Å². The fraction of sp³-hybridized carbons (Fsp3) is 0.714. The van der Waals surface area contributed by atoms with E-state index in [0.29, 0.717) is 0 Å². The Morgan fingerprint density at radius 3 is 1.20 bits per heavy atom. The number of ether oxygens (including phenoxy) is 2. The van der Waals surface area contributed by atoms with Gasteiger partial charge in [0.2, 0.25) is 0 Å². The van der Waals surface area contributed by atoms with E-state index in [-0.39, 0.29) is 0 Å². The number of hydrogen-bond donors (Lipinski definition) is 0. The average molecular weight is 312 g/mol. The van der Waals surface area contributed by atoms with Crippen LogP contribution in [0.3, 0.4) is 0 Å². The minimum Gasteiger partial charge on any atom is -0.502 e. The molecule has 0 spiro atoms. The summed E-state index contributed by atoms with van der Waals surface area (Å²) in [5.41, 5.74) is 1.17. The van der Waals surface area contributed by atoms with Crippen LogP contribution in [0.15, 0.2) is 24.5 Å². The summed E-state index contributed by atoms with van der Waals surface area (Å²) in [5.74, 6) is 0.755. The highest BCUT2D eigenvalue weighted by Gasteiger charge is 2.08. The molecule has 0 aromatic heterocycles. The zero-order valence-electron chi connectivity index (χ0n) is 14.6. The molecule has 0 aliphatic carbocycles. The van der Waals surface area contributed by atoms with E-state index < -0.39 is 7.60 Å². The Kier molecular flexibility index (Phi) is 28.7. The van der Waals surface area contributed by atoms with Gasteiger partial charge in [-0.1, -0.05) is 12.2 Å². The lowest BCUT2D eigenvalue weighted by atomic mass is 10.4. The second-order valence-electron chi connectivity index (χ2n) is 3.83. The van der Waals surface area contributed by atoms with Gasteiger partial charge in [0, 0.05) is 34.6 Å². The standard InChI is InChI=1S/C4H8O.C4H8.C3H9O3P.C3H8O/c1-4(2)5-3;1-4(2)3;1-5-7(3,4)6-2;1-3-4-2/h1H2,2-3H3;1H2,2-3H3;1-3H3;3H2,1-2H3. The van der Waals surface area contributed by atoms with Crippen LogP contribution in [0.4, 0.5) is 0 Å². The molecule has 0 fully saturated rings. The third-order valence-corrected chi connectivity index (χ3v) is 2.63. The van der Waals surface area contributed by atoms with Crippen LogP contribution in [0, 0.1) is 0 Å². The Balaban J connectivity index is -0.0000000883. The highest BCUT2D eigenvalue weighted by molar-refractivity contribution is 7.52. The van der Waals surface area contributed by atoms with Crippen molar-refractivity contribution < 1.29 is 23.1 Å². The Morgan fingerprint density at radius 2 is 1.20 bits per heavy atom. The second-order valence-corrected chi connectivity index (χ2v) is 6.10. The summed E-state index contributed by atoms with van der Waals surface area (Å²) >= 11 is 0. The van der Waals surface area contributed by atoms with Crippen molar-refractivity contribution in [3.8, 4) is 0 Å². The molecule has 20 heavy (non-hydrogen) atoms. The summed E-state index contributed by atoms with van der Waals surface area (Å²) in [6.07, 6.45) is 0. The first-order chi connectivity index (χ1) is 9.04. The van der Waals surface area contributed by atoms with Crippen molar-refractivity contribution in [3.05, 3.63) is 24.5 Å². The largest absolute Gasteiger partial charge is 0.502 e. The van der Waals surface area contributed by atoms with E-state index in [1.54, 1.807) is 21.1 Å². The summed E-state index contributed by atoms with van der Waals surface area (Å²) in [6.45, 7) is 16.9. The zero-order chi connectivity index (χ0) is 17.2. The molecule has 0 aliphatic rings. The van der Waals surface area contributed by atoms with Gasteiger partial charge >= 0.3 is 7.60 Å². The molecule has 0 bridgehead atoms. The van der Waals surface area contributed by atoms with E-state index in [9.17, 15) is 4.57 Å². The van der Waals surface area contributed by atoms with Crippen molar-refractivity contribution in [1.82, 2.24) is 0 Å². The molecule has 0 atom stereocenters. The van der Waals surface area contributed by atoms with Crippen molar-refractivity contribution in [1.29, 1.82) is 0 Å². The Bertz CT molecular complexity index is 250. The van der Waals surface area contributed by atoms with Gasteiger partial charge in [-0.25, -0.2) is 0 Å². The molecule has 0 aliphatic heterocycles. The zero-order valence-corrected chi connectivity index (χ0v) is 15.5. The smallest absolute Gasteiger partial charge is 0.327 e. The number of allylic oxidation sites excluding steroid dienone is 2. The maximum atomic E-state index is 10.5. The maximum Gasteiger partial charge on any atom is 0.327 e. The van der Waals surface area contributed by atoms with Crippen LogP contribution < -0.4 is 0 Å². The lowest BCUT2D eigenvalue weighted by Gasteiger charge is -2.04. The third-order valence-electron chi connectivity index (χ3n) is 1.30. The SMILES string of the molecule is C=C(C)C.C=C(C)OC.CCOC.COP(C)(=O)OC. The molecular formula is C14H33O5P. The van der Waals surface area contributed by atoms with Crippen molar-refractivity contribution in [3.63, 3.8) is 0 Å². The summed E-state index contributed by atoms with van der Waals surface area (Å²) in [4.78, 5) is 0. The van der Waals surface area contributed by atoms with Crippen LogP contribution in [0.1, 0.15) is 27.7 Å². The van der Waals surface area contributed by atoms with E-state index in [2.05, 4.69) is 31.7 Å². The van der Waals surface area contributed by atoms with Gasteiger partial charge in [-0.05, 0) is 27.7 Å². The summed E-state index contributed by atoms with van der Waals surface area (Å²) in [7, 11) is 3.33. The number of hydrogen-bond acceptors (Lipinski definition) is 5. The topological polar surface area (TPSA) is 54.0 Å². The fourth-order valence-corrected chi connectivity index (χ4v) is 0.224. The van der Waals surface area contributed by atoms with Crippen molar-refractivity contribution >= 4 is 7.60 Å². The van der Waals surface area contributed by atoms with E-state index in [0.717, 1.165) is 12.4 Å². The summed E-state index contributed by atoms with van der Waals surface area (Å²) in [5, 5.41) is 0. The lowest BCUT2D eigenvalue weighted by molar-refractivity contribution is 0.215. The third kappa shape index (κ3) is 66.4. The first-order valence-electron chi connectivity index (χ1n) is 6.03. The molecule has 0 saturated heterocycles. The molecule has 0 unspecified atom stereocenters. The Labute approximate surface area is 125 Å². The monoisotopic (exact) mass is 312 g/mol. The highest BCUT2D eigenvalue weighted by atomic mass is 31.2. The van der Waals surface area contributed by atoms with Crippen LogP contribution in [-0.4, -0.2) is 41.7 Å². The van der Waals surface area contributed by atoms with Gasteiger partial charge in [0.25, 0.3) is 0 Å². The minimum absolute atomic E-state index is 0.755. The van der Waals surface area contributed by atoms with Gasteiger partial charge in [-0.15, -0.1) is 6.58 Å². The van der Waals surface area contributed by atoms with E-state index >= 15 is 0 Å². The average Bonchev–Trinajstić information content (AvgIpc) is 2.39. The highest BCUT2D eigenvalue weighted by Crippen LogP contribution is 2.40. The molecule has 0 rings (SSSR count). The molecule has 0 N–H and O–H groups in total. The van der Waals surface area contributed by atoms with E-state index in [1.807, 2.05) is 20.8 Å². The van der Waals surface area contributed by atoms with Crippen LogP contribution in [0.25, 0.3) is 0 Å². The second kappa shape index (κ2) is 20.7. The molecule has 0 saturated carbocycles. The molecule has 0 radical (unpaired) electrons. The Hall–Kier alpha value is -0.610. The van der Waals surface area contributed by atoms with Gasteiger partial charge in [0.15, 0.2) is 0 Å². The fourth-order valence-electron chi connectivity index (χ4n) is 0.0745. The van der Waals surface area contributed by atoms with E-state index in [1.165, 1.54) is 26.5 Å². The molecule has 0 heterocycles. The number of methoxy groups -OCH3 is 2. The van der Waals surface area contributed by atoms with Crippen molar-refractivity contribution in [2.45, 2.75) is 27.7 Å². The van der Waals surface area contributed by atoms with E-state index in [4.69, 9.17) is 0 Å². The molecule has 6 heteroatoms. The molecule has 5 nitrogen and oxygen atoms in total. The first kappa shape index (κ1) is 27.7. The van der Waals surface area contributed by atoms with Gasteiger partial charge in [0.1, 0.15) is 0 Å². The summed E-state index contributed by atoms with van der Waals surface area (Å²) in [6, 6.07) is 0. The molecule has 124 valence electrons. The predicted octanol–water partition coefficient (Wildman–Crippen LogP) is 4.50. The van der Waals surface area contributed by atoms with Crippen LogP contribution in [-0.2, 0) is 23.1 Å². The molecule has 0 aromatic rings. The van der Waals surface area contributed by atoms with Crippen LogP contribution in [0.5, 0.6) is 0 Å². The summed E-state index contributed by atoms with van der Waals surface area (Å²) < 4.78 is 28.4. The van der Waals surface area contributed by atoms with Gasteiger partial charge in [-0.3, -0.25) is 4.57 Å². The molecule has 0 aromatic carbocycles. The van der Waals surface area contributed by atoms with Crippen LogP contribution >= 0.6 is 7.60 Å². The van der Waals surface area contributed by atoms with Crippen LogP contribution in [0.2, 0.25) is 0 Å². The molecule has 0 amide bonds. The normalized spacial score (nSPS) is 8.65. The number of rotatable bonds is 4. The van der Waals surface area contributed by atoms with Crippen molar-refractivity contribution in [2.24, 2.45) is 0 Å². The quantitative estimate of drug-likeness (QED) is 0.434. The predicted molar refractivity (Wildman–Crippen MR) is 87.4 cm³/mol. The maximum absolute atomic E-state index is 10.5.